The Morgan fingerprint density at radius 1 is 0.849 bits per heavy atom. The highest BCUT2D eigenvalue weighted by Gasteiger charge is 2.48. The van der Waals surface area contributed by atoms with Gasteiger partial charge in [0, 0.05) is 17.7 Å². The smallest absolute Gasteiger partial charge is 0.239 e. The molecule has 1 aliphatic rings. The van der Waals surface area contributed by atoms with E-state index in [1.165, 1.54) is 45.3 Å². The molecule has 1 fully saturated rings. The molecule has 4 rings (SSSR count). The number of phenolic OH excluding ortho intramolecular Hbond substituents is 2. The Bertz CT molecular complexity index is 1620. The number of phenols is 2. The summed E-state index contributed by atoms with van der Waals surface area (Å²) in [6, 6.07) is 8.73. The first-order valence-electron chi connectivity index (χ1n) is 19.4. The Balaban J connectivity index is 1.49. The molecule has 9 atom stereocenters. The molecule has 1 aliphatic heterocycles. The maximum atomic E-state index is 13.9. The largest absolute Gasteiger partial charge is 0.508 e. The second kappa shape index (κ2) is 19.8. The summed E-state index contributed by atoms with van der Waals surface area (Å²) in [7, 11) is 1.51. The first-order chi connectivity index (χ1) is 25.3. The number of aromatic hydroxyl groups is 2. The summed E-state index contributed by atoms with van der Waals surface area (Å²) in [6.07, 6.45) is 2.66. The van der Waals surface area contributed by atoms with E-state index in [0.717, 1.165) is 43.6 Å². The maximum Gasteiger partial charge on any atom is 0.239 e. The fourth-order valence-corrected chi connectivity index (χ4v) is 7.12. The monoisotopic (exact) mass is 742 g/mol. The first-order valence-corrected chi connectivity index (χ1v) is 19.4. The molecule has 0 bridgehead atoms. The Labute approximate surface area is 313 Å². The number of benzene rings is 2. The summed E-state index contributed by atoms with van der Waals surface area (Å²) >= 11 is 0. The normalized spacial score (nSPS) is 22.8. The minimum absolute atomic E-state index is 0.0779. The number of hydrogen-bond acceptors (Lipinski definition) is 11. The number of hydrogen-bond donors (Lipinski definition) is 5. The molecule has 9 unspecified atom stereocenters. The summed E-state index contributed by atoms with van der Waals surface area (Å²) in [5.74, 6) is 1.32. The zero-order valence-electron chi connectivity index (χ0n) is 32.5. The highest BCUT2D eigenvalue weighted by molar-refractivity contribution is 5.88. The second-order valence-electron chi connectivity index (χ2n) is 15.5. The first kappa shape index (κ1) is 42.4. The van der Waals surface area contributed by atoms with Gasteiger partial charge >= 0.3 is 0 Å². The molecule has 2 heterocycles. The number of methoxy groups -OCH3 is 1. The lowest BCUT2D eigenvalue weighted by Gasteiger charge is -2.43. The van der Waals surface area contributed by atoms with Gasteiger partial charge in [0.2, 0.25) is 17.5 Å². The van der Waals surface area contributed by atoms with Crippen LogP contribution in [0.4, 0.5) is 0 Å². The molecule has 5 N–H and O–H groups in total. The van der Waals surface area contributed by atoms with Gasteiger partial charge in [0.15, 0.2) is 5.76 Å². The van der Waals surface area contributed by atoms with Crippen LogP contribution in [-0.4, -0.2) is 76.1 Å². The predicted octanol–water partition coefficient (Wildman–Crippen LogP) is 7.55. The van der Waals surface area contributed by atoms with Crippen molar-refractivity contribution >= 4 is 11.0 Å². The molecule has 0 spiro atoms. The molecule has 2 aromatic carbocycles. The zero-order chi connectivity index (χ0) is 38.8. The minimum Gasteiger partial charge on any atom is -0.508 e. The van der Waals surface area contributed by atoms with Gasteiger partial charge in [-0.2, -0.15) is 0 Å². The van der Waals surface area contributed by atoms with Crippen molar-refractivity contribution in [2.45, 2.75) is 136 Å². The topological polar surface area (TPSA) is 168 Å². The average Bonchev–Trinajstić information content (AvgIpc) is 3.12. The molecule has 1 aromatic heterocycles. The van der Waals surface area contributed by atoms with Crippen LogP contribution in [0, 0.1) is 23.7 Å². The highest BCUT2D eigenvalue weighted by Crippen LogP contribution is 2.38. The van der Waals surface area contributed by atoms with E-state index in [9.17, 15) is 30.3 Å². The van der Waals surface area contributed by atoms with E-state index in [1.807, 2.05) is 0 Å². The van der Waals surface area contributed by atoms with Crippen molar-refractivity contribution in [2.24, 2.45) is 23.7 Å². The van der Waals surface area contributed by atoms with Crippen LogP contribution in [0.25, 0.3) is 22.3 Å². The summed E-state index contributed by atoms with van der Waals surface area (Å²) in [6.45, 7) is 12.8. The quantitative estimate of drug-likeness (QED) is 0.0775. The van der Waals surface area contributed by atoms with Crippen LogP contribution >= 0.6 is 0 Å². The number of aliphatic hydroxyl groups is 3. The van der Waals surface area contributed by atoms with E-state index in [-0.39, 0.29) is 34.5 Å². The van der Waals surface area contributed by atoms with Crippen LogP contribution < -0.4 is 14.9 Å². The van der Waals surface area contributed by atoms with E-state index in [2.05, 4.69) is 41.5 Å². The van der Waals surface area contributed by atoms with Crippen LogP contribution in [0.1, 0.15) is 99.3 Å². The van der Waals surface area contributed by atoms with Gasteiger partial charge in [-0.05, 0) is 60.8 Å². The Hall–Kier alpha value is -3.35. The molecular formula is C42H62O11. The molecule has 1 saturated heterocycles. The van der Waals surface area contributed by atoms with Crippen molar-refractivity contribution < 1.29 is 48.9 Å². The predicted molar refractivity (Wildman–Crippen MR) is 204 cm³/mol. The van der Waals surface area contributed by atoms with Gasteiger partial charge in [0.05, 0.1) is 19.8 Å². The van der Waals surface area contributed by atoms with E-state index >= 15 is 0 Å². The lowest BCUT2D eigenvalue weighted by Crippen LogP contribution is -2.62. The highest BCUT2D eigenvalue weighted by atomic mass is 16.7. The Morgan fingerprint density at radius 3 is 2.09 bits per heavy atom. The Morgan fingerprint density at radius 2 is 1.49 bits per heavy atom. The number of aliphatic hydroxyl groups excluding tert-OH is 3. The van der Waals surface area contributed by atoms with Crippen LogP contribution in [0.5, 0.6) is 23.0 Å². The molecule has 11 nitrogen and oxygen atoms in total. The zero-order valence-corrected chi connectivity index (χ0v) is 32.5. The summed E-state index contributed by atoms with van der Waals surface area (Å²) in [5, 5.41) is 53.7. The lowest BCUT2D eigenvalue weighted by atomic mass is 9.89. The van der Waals surface area contributed by atoms with Gasteiger partial charge < -0.3 is 48.9 Å². The van der Waals surface area contributed by atoms with E-state index in [4.69, 9.17) is 23.4 Å². The molecule has 0 aliphatic carbocycles. The SMILES string of the molecule is CCC(C)C(CCC(C)CCCC(C)CCCC(C)C)OC1C(CO)OC(Oc2c(-c3ccc(OC)cc3)oc3cc(O)cc(O)c3c2=O)C(O)C1O. The molecule has 296 valence electrons. The molecule has 0 amide bonds. The van der Waals surface area contributed by atoms with Crippen LogP contribution in [0.3, 0.4) is 0 Å². The summed E-state index contributed by atoms with van der Waals surface area (Å²) in [4.78, 5) is 13.9. The van der Waals surface area contributed by atoms with E-state index in [1.54, 1.807) is 24.3 Å². The molecule has 53 heavy (non-hydrogen) atoms. The lowest BCUT2D eigenvalue weighted by molar-refractivity contribution is -0.294. The van der Waals surface area contributed by atoms with Crippen molar-refractivity contribution in [2.75, 3.05) is 13.7 Å². The molecule has 0 saturated carbocycles. The van der Waals surface area contributed by atoms with Crippen molar-refractivity contribution in [1.29, 1.82) is 0 Å². The van der Waals surface area contributed by atoms with Crippen molar-refractivity contribution in [3.8, 4) is 34.3 Å². The third kappa shape index (κ3) is 11.1. The standard InChI is InChI=1S/C42H62O11/c1-8-27(6)32(20-15-26(5)14-10-13-25(4)12-9-11-24(2)3)50-40-34(23-43)52-42(38(48)37(40)47)53-41-36(46)35-31(45)21-29(44)22-33(35)51-39(41)28-16-18-30(49-7)19-17-28/h16-19,21-22,24-27,32,34,37-38,40,42-45,47-48H,8-15,20,23H2,1-7H3. The minimum atomic E-state index is -1.69. The van der Waals surface area contributed by atoms with Crippen LogP contribution in [0.15, 0.2) is 45.6 Å². The van der Waals surface area contributed by atoms with Gasteiger partial charge in [-0.15, -0.1) is 0 Å². The number of ether oxygens (including phenoxy) is 4. The van der Waals surface area contributed by atoms with E-state index in [0.29, 0.717) is 17.2 Å². The maximum absolute atomic E-state index is 13.9. The molecule has 0 radical (unpaired) electrons. The summed E-state index contributed by atoms with van der Waals surface area (Å²) < 4.78 is 29.8. The fourth-order valence-electron chi connectivity index (χ4n) is 7.12. The fraction of sp³-hybridized carbons (Fsp3) is 0.643. The van der Waals surface area contributed by atoms with Crippen molar-refractivity contribution in [1.82, 2.24) is 0 Å². The van der Waals surface area contributed by atoms with Crippen LogP contribution in [0.2, 0.25) is 0 Å². The van der Waals surface area contributed by atoms with E-state index < -0.39 is 54.2 Å². The molecule has 11 heteroatoms. The second-order valence-corrected chi connectivity index (χ2v) is 15.5. The third-order valence-corrected chi connectivity index (χ3v) is 10.8. The molecular weight excluding hydrogens is 680 g/mol. The Kier molecular flexibility index (Phi) is 15.9. The molecule has 3 aromatic rings. The van der Waals surface area contributed by atoms with Crippen LogP contribution in [-0.2, 0) is 9.47 Å². The van der Waals surface area contributed by atoms with Crippen molar-refractivity contribution in [3.05, 3.63) is 46.6 Å². The third-order valence-electron chi connectivity index (χ3n) is 10.8. The number of fused-ring (bicyclic) bond motifs is 1. The van der Waals surface area contributed by atoms with Gasteiger partial charge in [-0.3, -0.25) is 4.79 Å². The van der Waals surface area contributed by atoms with Crippen molar-refractivity contribution in [3.63, 3.8) is 0 Å². The summed E-state index contributed by atoms with van der Waals surface area (Å²) in [5.41, 5.74) is -0.518. The van der Waals surface area contributed by atoms with Gasteiger partial charge in [-0.25, -0.2) is 0 Å². The van der Waals surface area contributed by atoms with Gasteiger partial charge in [-0.1, -0.05) is 86.5 Å². The average molecular weight is 743 g/mol. The number of rotatable bonds is 20. The van der Waals surface area contributed by atoms with Gasteiger partial charge in [0.1, 0.15) is 52.6 Å². The van der Waals surface area contributed by atoms with Gasteiger partial charge in [0.25, 0.3) is 0 Å².